The van der Waals surface area contributed by atoms with E-state index in [2.05, 4.69) is 19.2 Å². The predicted molar refractivity (Wildman–Crippen MR) is 76.6 cm³/mol. The van der Waals surface area contributed by atoms with E-state index in [0.717, 1.165) is 0 Å². The number of amides is 2. The minimum atomic E-state index is -0.384. The average Bonchev–Trinajstić information content (AvgIpc) is 2.19. The van der Waals surface area contributed by atoms with Crippen LogP contribution in [0.4, 0.5) is 0 Å². The Morgan fingerprint density at radius 1 is 1.16 bits per heavy atom. The van der Waals surface area contributed by atoms with Crippen LogP contribution in [0.25, 0.3) is 0 Å². The van der Waals surface area contributed by atoms with Crippen LogP contribution in [0.3, 0.4) is 0 Å². The van der Waals surface area contributed by atoms with Gasteiger partial charge < -0.3 is 10.2 Å². The number of hydrogen-bond donors (Lipinski definition) is 1. The molecule has 1 saturated heterocycles. The highest BCUT2D eigenvalue weighted by molar-refractivity contribution is 5.97. The van der Waals surface area contributed by atoms with E-state index in [-0.39, 0.29) is 35.2 Å². The Hall–Kier alpha value is -1.06. The fourth-order valence-corrected chi connectivity index (χ4v) is 2.64. The second-order valence-corrected chi connectivity index (χ2v) is 7.38. The van der Waals surface area contributed by atoms with E-state index >= 15 is 0 Å². The number of nitrogens with one attached hydrogen (secondary N) is 1. The average molecular weight is 268 g/mol. The Kier molecular flexibility index (Phi) is 4.64. The van der Waals surface area contributed by atoms with Gasteiger partial charge in [-0.25, -0.2) is 0 Å². The van der Waals surface area contributed by atoms with Gasteiger partial charge in [-0.3, -0.25) is 9.59 Å². The molecule has 1 heterocycles. The van der Waals surface area contributed by atoms with E-state index < -0.39 is 0 Å². The second-order valence-electron chi connectivity index (χ2n) is 7.38. The molecule has 1 N–H and O–H groups in total. The van der Waals surface area contributed by atoms with Gasteiger partial charge >= 0.3 is 0 Å². The van der Waals surface area contributed by atoms with Gasteiger partial charge in [-0.1, -0.05) is 48.5 Å². The van der Waals surface area contributed by atoms with Crippen LogP contribution in [0, 0.1) is 17.3 Å². The maximum Gasteiger partial charge on any atom is 0.246 e. The molecular formula is C15H28N2O2. The molecule has 19 heavy (non-hydrogen) atoms. The van der Waals surface area contributed by atoms with E-state index in [9.17, 15) is 9.59 Å². The van der Waals surface area contributed by atoms with Gasteiger partial charge in [-0.2, -0.15) is 0 Å². The van der Waals surface area contributed by atoms with Crippen LogP contribution in [-0.4, -0.2) is 35.3 Å². The zero-order valence-corrected chi connectivity index (χ0v) is 13.3. The fraction of sp³-hybridized carbons (Fsp3) is 0.867. The van der Waals surface area contributed by atoms with Crippen LogP contribution in [0.2, 0.25) is 0 Å². The first kappa shape index (κ1) is 16.0. The number of nitrogens with zero attached hydrogens (tertiary/aromatic N) is 1. The lowest BCUT2D eigenvalue weighted by Crippen LogP contribution is -2.68. The summed E-state index contributed by atoms with van der Waals surface area (Å²) in [4.78, 5) is 26.8. The monoisotopic (exact) mass is 268 g/mol. The molecule has 4 heteroatoms. The fourth-order valence-electron chi connectivity index (χ4n) is 2.64. The van der Waals surface area contributed by atoms with Crippen molar-refractivity contribution in [3.63, 3.8) is 0 Å². The second kappa shape index (κ2) is 5.51. The third-order valence-corrected chi connectivity index (χ3v) is 3.46. The van der Waals surface area contributed by atoms with Crippen molar-refractivity contribution in [2.24, 2.45) is 17.3 Å². The molecule has 0 aromatic carbocycles. The summed E-state index contributed by atoms with van der Waals surface area (Å²) in [5.41, 5.74) is -0.253. The summed E-state index contributed by atoms with van der Waals surface area (Å²) in [7, 11) is 0. The van der Waals surface area contributed by atoms with Crippen molar-refractivity contribution >= 4 is 11.8 Å². The molecule has 2 amide bonds. The van der Waals surface area contributed by atoms with Gasteiger partial charge in [0, 0.05) is 6.54 Å². The zero-order chi connectivity index (χ0) is 15.0. The summed E-state index contributed by atoms with van der Waals surface area (Å²) < 4.78 is 0. The number of carbonyl (C=O) groups excluding carboxylic acids is 2. The number of carbonyl (C=O) groups is 2. The largest absolute Gasteiger partial charge is 0.342 e. The molecule has 1 aliphatic rings. The highest BCUT2D eigenvalue weighted by Crippen LogP contribution is 2.29. The van der Waals surface area contributed by atoms with Gasteiger partial charge in [0.1, 0.15) is 12.1 Å². The normalized spacial score (nSPS) is 25.2. The van der Waals surface area contributed by atoms with Crippen molar-refractivity contribution < 1.29 is 9.59 Å². The summed E-state index contributed by atoms with van der Waals surface area (Å²) in [6, 6.07) is -0.762. The van der Waals surface area contributed by atoms with Crippen LogP contribution in [0.15, 0.2) is 0 Å². The molecule has 0 aromatic rings. The van der Waals surface area contributed by atoms with E-state index in [1.54, 1.807) is 4.90 Å². The molecule has 1 rings (SSSR count). The highest BCUT2D eigenvalue weighted by Gasteiger charge is 2.46. The molecule has 0 aromatic heterocycles. The van der Waals surface area contributed by atoms with Crippen molar-refractivity contribution in [2.45, 2.75) is 60.5 Å². The van der Waals surface area contributed by atoms with Gasteiger partial charge in [-0.15, -0.1) is 0 Å². The summed E-state index contributed by atoms with van der Waals surface area (Å²) in [5, 5.41) is 2.90. The lowest BCUT2D eigenvalue weighted by molar-refractivity contribution is -0.155. The van der Waals surface area contributed by atoms with Crippen LogP contribution >= 0.6 is 0 Å². The lowest BCUT2D eigenvalue weighted by Gasteiger charge is -2.46. The van der Waals surface area contributed by atoms with Gasteiger partial charge in [0.2, 0.25) is 11.8 Å². The van der Waals surface area contributed by atoms with Gasteiger partial charge in [-0.05, 0) is 17.3 Å². The summed E-state index contributed by atoms with van der Waals surface area (Å²) >= 11 is 0. The summed E-state index contributed by atoms with van der Waals surface area (Å²) in [6.07, 6.45) is 0. The highest BCUT2D eigenvalue weighted by atomic mass is 16.2. The third kappa shape index (κ3) is 3.48. The van der Waals surface area contributed by atoms with Crippen LogP contribution in [0.1, 0.15) is 48.5 Å². The molecule has 0 spiro atoms. The Labute approximate surface area is 116 Å². The smallest absolute Gasteiger partial charge is 0.246 e. The van der Waals surface area contributed by atoms with Crippen molar-refractivity contribution in [1.29, 1.82) is 0 Å². The molecule has 1 fully saturated rings. The molecule has 2 unspecified atom stereocenters. The van der Waals surface area contributed by atoms with Crippen molar-refractivity contribution in [1.82, 2.24) is 10.2 Å². The first-order chi connectivity index (χ1) is 8.55. The van der Waals surface area contributed by atoms with E-state index in [4.69, 9.17) is 0 Å². The van der Waals surface area contributed by atoms with Crippen LogP contribution in [-0.2, 0) is 9.59 Å². The molecule has 4 nitrogen and oxygen atoms in total. The SMILES string of the molecule is CC(C)CN1C(=O)C(C(C)C)NC(=O)C1C(C)(C)C. The van der Waals surface area contributed by atoms with Crippen molar-refractivity contribution in [3.8, 4) is 0 Å². The summed E-state index contributed by atoms with van der Waals surface area (Å²) in [5.74, 6) is 0.509. The standard InChI is InChI=1S/C15H28N2O2/c1-9(2)8-17-12(15(5,6)7)13(18)16-11(10(3)4)14(17)19/h9-12H,8H2,1-7H3,(H,16,18). The number of piperazine rings is 1. The Morgan fingerprint density at radius 3 is 2.05 bits per heavy atom. The molecule has 110 valence electrons. The van der Waals surface area contributed by atoms with Gasteiger partial charge in [0.05, 0.1) is 0 Å². The first-order valence-electron chi connectivity index (χ1n) is 7.16. The molecule has 0 radical (unpaired) electrons. The Balaban J connectivity index is 3.11. The molecule has 1 aliphatic heterocycles. The quantitative estimate of drug-likeness (QED) is 0.851. The Bertz CT molecular complexity index is 356. The van der Waals surface area contributed by atoms with Crippen molar-refractivity contribution in [3.05, 3.63) is 0 Å². The van der Waals surface area contributed by atoms with Crippen molar-refractivity contribution in [2.75, 3.05) is 6.54 Å². The zero-order valence-electron chi connectivity index (χ0n) is 13.3. The van der Waals surface area contributed by atoms with Crippen LogP contribution < -0.4 is 5.32 Å². The minimum Gasteiger partial charge on any atom is -0.342 e. The van der Waals surface area contributed by atoms with Gasteiger partial charge in [0.15, 0.2) is 0 Å². The lowest BCUT2D eigenvalue weighted by atomic mass is 9.81. The molecule has 0 aliphatic carbocycles. The topological polar surface area (TPSA) is 49.4 Å². The Morgan fingerprint density at radius 2 is 1.68 bits per heavy atom. The molecule has 0 bridgehead atoms. The maximum absolute atomic E-state index is 12.6. The molecule has 0 saturated carbocycles. The van der Waals surface area contributed by atoms with E-state index in [1.165, 1.54) is 0 Å². The van der Waals surface area contributed by atoms with Gasteiger partial charge in [0.25, 0.3) is 0 Å². The minimum absolute atomic E-state index is 0.0218. The van der Waals surface area contributed by atoms with E-state index in [0.29, 0.717) is 12.5 Å². The van der Waals surface area contributed by atoms with E-state index in [1.807, 2.05) is 34.6 Å². The molecule has 2 atom stereocenters. The third-order valence-electron chi connectivity index (χ3n) is 3.46. The number of hydrogen-bond acceptors (Lipinski definition) is 2. The predicted octanol–water partition coefficient (Wildman–Crippen LogP) is 2.04. The first-order valence-corrected chi connectivity index (χ1v) is 7.16. The molecular weight excluding hydrogens is 240 g/mol. The summed E-state index contributed by atoms with van der Waals surface area (Å²) in [6.45, 7) is 14.7. The number of rotatable bonds is 3. The maximum atomic E-state index is 12.6. The van der Waals surface area contributed by atoms with Crippen LogP contribution in [0.5, 0.6) is 0 Å².